The molecule has 18 heavy (non-hydrogen) atoms. The Morgan fingerprint density at radius 1 is 1.00 bits per heavy atom. The van der Waals surface area contributed by atoms with Gasteiger partial charge < -0.3 is 0 Å². The van der Waals surface area contributed by atoms with E-state index in [1.54, 1.807) is 6.33 Å². The van der Waals surface area contributed by atoms with Crippen molar-refractivity contribution in [2.24, 2.45) is 0 Å². The molecule has 0 bridgehead atoms. The lowest BCUT2D eigenvalue weighted by molar-refractivity contribution is 0.519. The van der Waals surface area contributed by atoms with Gasteiger partial charge in [0.15, 0.2) is 0 Å². The van der Waals surface area contributed by atoms with Crippen LogP contribution in [-0.4, -0.2) is 19.6 Å². The number of hydrogen-bond acceptors (Lipinski definition) is 3. The van der Waals surface area contributed by atoms with E-state index >= 15 is 0 Å². The fraction of sp³-hybridized carbons (Fsp3) is 0.643. The van der Waals surface area contributed by atoms with Crippen molar-refractivity contribution >= 4 is 5.52 Å². The number of aromatic nitrogens is 4. The van der Waals surface area contributed by atoms with Crippen LogP contribution < -0.4 is 0 Å². The Morgan fingerprint density at radius 2 is 1.61 bits per heavy atom. The molecular weight excluding hydrogens is 224 g/mol. The first kappa shape index (κ1) is 13.0. The number of rotatable bonds is 0. The third kappa shape index (κ3) is 2.00. The molecule has 0 aliphatic heterocycles. The third-order valence-electron chi connectivity index (χ3n) is 3.00. The van der Waals surface area contributed by atoms with Gasteiger partial charge in [-0.3, -0.25) is 0 Å². The summed E-state index contributed by atoms with van der Waals surface area (Å²) >= 11 is 0. The quantitative estimate of drug-likeness (QED) is 0.717. The predicted molar refractivity (Wildman–Crippen MR) is 72.9 cm³/mol. The van der Waals surface area contributed by atoms with Crippen LogP contribution in [0, 0.1) is 6.92 Å². The van der Waals surface area contributed by atoms with Crippen LogP contribution in [0.5, 0.6) is 0 Å². The highest BCUT2D eigenvalue weighted by Gasteiger charge is 2.29. The summed E-state index contributed by atoms with van der Waals surface area (Å²) in [5.74, 6) is 0.993. The number of aryl methyl sites for hydroxylation is 1. The van der Waals surface area contributed by atoms with Crippen LogP contribution >= 0.6 is 0 Å². The van der Waals surface area contributed by atoms with E-state index in [2.05, 4.69) is 51.6 Å². The minimum atomic E-state index is -0.0345. The topological polar surface area (TPSA) is 43.1 Å². The van der Waals surface area contributed by atoms with Crippen LogP contribution in [0.25, 0.3) is 5.52 Å². The molecule has 0 aromatic carbocycles. The van der Waals surface area contributed by atoms with Gasteiger partial charge in [0.05, 0.1) is 11.4 Å². The smallest absolute Gasteiger partial charge is 0.136 e. The summed E-state index contributed by atoms with van der Waals surface area (Å²) < 4.78 is 1.95. The second kappa shape index (κ2) is 3.77. The van der Waals surface area contributed by atoms with Crippen molar-refractivity contribution in [2.45, 2.75) is 59.3 Å². The highest BCUT2D eigenvalue weighted by Crippen LogP contribution is 2.31. The van der Waals surface area contributed by atoms with Crippen molar-refractivity contribution < 1.29 is 0 Å². The molecule has 0 spiro atoms. The summed E-state index contributed by atoms with van der Waals surface area (Å²) in [4.78, 5) is 9.16. The summed E-state index contributed by atoms with van der Waals surface area (Å²) in [6.45, 7) is 15.0. The molecular formula is C14H22N4. The highest BCUT2D eigenvalue weighted by atomic mass is 15.3. The first-order valence-electron chi connectivity index (χ1n) is 6.33. The van der Waals surface area contributed by atoms with Crippen LogP contribution in [0.3, 0.4) is 0 Å². The minimum Gasteiger partial charge on any atom is -0.238 e. The standard InChI is InChI=1S/C14H22N4/c1-9-10-11(13(2,3)4)17-12(14(5,6)7)18(10)16-8-15-9/h8H,1-7H3. The van der Waals surface area contributed by atoms with Gasteiger partial charge in [0.1, 0.15) is 17.7 Å². The fourth-order valence-corrected chi connectivity index (χ4v) is 2.08. The summed E-state index contributed by atoms with van der Waals surface area (Å²) in [5, 5.41) is 4.39. The molecule has 0 aliphatic rings. The Labute approximate surface area is 108 Å². The molecule has 98 valence electrons. The van der Waals surface area contributed by atoms with E-state index in [1.165, 1.54) is 0 Å². The molecule has 0 aliphatic carbocycles. The van der Waals surface area contributed by atoms with Crippen molar-refractivity contribution in [1.29, 1.82) is 0 Å². The lowest BCUT2D eigenvalue weighted by atomic mass is 9.91. The van der Waals surface area contributed by atoms with E-state index in [9.17, 15) is 0 Å². The monoisotopic (exact) mass is 246 g/mol. The molecule has 4 nitrogen and oxygen atoms in total. The Bertz CT molecular complexity index is 582. The zero-order valence-electron chi connectivity index (χ0n) is 12.4. The zero-order chi connectivity index (χ0) is 13.7. The third-order valence-corrected chi connectivity index (χ3v) is 3.00. The Balaban J connectivity index is 2.89. The number of imidazole rings is 1. The van der Waals surface area contributed by atoms with Crippen molar-refractivity contribution in [3.8, 4) is 0 Å². The van der Waals surface area contributed by atoms with E-state index in [1.807, 2.05) is 11.4 Å². The first-order valence-corrected chi connectivity index (χ1v) is 6.33. The van der Waals surface area contributed by atoms with Crippen LogP contribution in [-0.2, 0) is 10.8 Å². The maximum absolute atomic E-state index is 4.85. The molecule has 0 atom stereocenters. The largest absolute Gasteiger partial charge is 0.238 e. The van der Waals surface area contributed by atoms with Gasteiger partial charge in [-0.05, 0) is 6.92 Å². The van der Waals surface area contributed by atoms with E-state index in [4.69, 9.17) is 4.98 Å². The Morgan fingerprint density at radius 3 is 2.11 bits per heavy atom. The normalized spacial score (nSPS) is 13.3. The average molecular weight is 246 g/mol. The lowest BCUT2D eigenvalue weighted by Gasteiger charge is -2.16. The summed E-state index contributed by atoms with van der Waals surface area (Å²) in [6, 6.07) is 0. The number of hydrogen-bond donors (Lipinski definition) is 0. The molecule has 0 fully saturated rings. The summed E-state index contributed by atoms with van der Waals surface area (Å²) in [5.41, 5.74) is 3.07. The SMILES string of the molecule is Cc1ncnn2c(C(C)(C)C)nc(C(C)(C)C)c12. The van der Waals surface area contributed by atoms with Gasteiger partial charge in [-0.2, -0.15) is 5.10 Å². The Hall–Kier alpha value is -1.45. The van der Waals surface area contributed by atoms with Gasteiger partial charge in [-0.1, -0.05) is 41.5 Å². The maximum atomic E-state index is 4.85. The molecule has 0 N–H and O–H groups in total. The predicted octanol–water partition coefficient (Wildman–Crippen LogP) is 3.03. The fourth-order valence-electron chi connectivity index (χ4n) is 2.08. The van der Waals surface area contributed by atoms with Gasteiger partial charge in [-0.25, -0.2) is 14.5 Å². The van der Waals surface area contributed by atoms with Gasteiger partial charge in [0.2, 0.25) is 0 Å². The lowest BCUT2D eigenvalue weighted by Crippen LogP contribution is -2.17. The van der Waals surface area contributed by atoms with Crippen molar-refractivity contribution in [1.82, 2.24) is 19.6 Å². The molecule has 4 heteroatoms. The molecule has 2 aromatic rings. The van der Waals surface area contributed by atoms with Gasteiger partial charge >= 0.3 is 0 Å². The van der Waals surface area contributed by atoms with Crippen LogP contribution in [0.4, 0.5) is 0 Å². The molecule has 0 saturated heterocycles. The van der Waals surface area contributed by atoms with Gasteiger partial charge in [0.25, 0.3) is 0 Å². The molecule has 2 aromatic heterocycles. The molecule has 0 amide bonds. The first-order chi connectivity index (χ1) is 8.12. The van der Waals surface area contributed by atoms with Crippen molar-refractivity contribution in [3.05, 3.63) is 23.5 Å². The minimum absolute atomic E-state index is 0.00970. The number of nitrogens with zero attached hydrogens (tertiary/aromatic N) is 4. The number of fused-ring (bicyclic) bond motifs is 1. The summed E-state index contributed by atoms with van der Waals surface area (Å²) in [7, 11) is 0. The zero-order valence-corrected chi connectivity index (χ0v) is 12.4. The molecule has 0 unspecified atom stereocenters. The van der Waals surface area contributed by atoms with E-state index in [0.717, 1.165) is 22.7 Å². The van der Waals surface area contributed by atoms with Gasteiger partial charge in [0, 0.05) is 10.8 Å². The van der Waals surface area contributed by atoms with Gasteiger partial charge in [-0.15, -0.1) is 0 Å². The van der Waals surface area contributed by atoms with E-state index < -0.39 is 0 Å². The van der Waals surface area contributed by atoms with E-state index in [-0.39, 0.29) is 10.8 Å². The molecule has 2 heterocycles. The van der Waals surface area contributed by atoms with Crippen LogP contribution in [0.2, 0.25) is 0 Å². The molecule has 0 radical (unpaired) electrons. The van der Waals surface area contributed by atoms with Crippen LogP contribution in [0.1, 0.15) is 58.8 Å². The van der Waals surface area contributed by atoms with Crippen molar-refractivity contribution in [3.63, 3.8) is 0 Å². The molecule has 2 rings (SSSR count). The Kier molecular flexibility index (Phi) is 2.72. The molecule has 0 saturated carbocycles. The second-order valence-corrected chi connectivity index (χ2v) is 6.89. The highest BCUT2D eigenvalue weighted by molar-refractivity contribution is 5.58. The second-order valence-electron chi connectivity index (χ2n) is 6.89. The van der Waals surface area contributed by atoms with Crippen LogP contribution in [0.15, 0.2) is 6.33 Å². The maximum Gasteiger partial charge on any atom is 0.136 e. The van der Waals surface area contributed by atoms with Crippen molar-refractivity contribution in [2.75, 3.05) is 0 Å². The van der Waals surface area contributed by atoms with E-state index in [0.29, 0.717) is 0 Å². The summed E-state index contributed by atoms with van der Waals surface area (Å²) in [6.07, 6.45) is 1.60. The average Bonchev–Trinajstić information content (AvgIpc) is 2.56.